The fourth-order valence-corrected chi connectivity index (χ4v) is 2.35. The molecule has 0 radical (unpaired) electrons. The molecule has 0 aliphatic rings. The van der Waals surface area contributed by atoms with Gasteiger partial charge >= 0.3 is 5.97 Å². The van der Waals surface area contributed by atoms with E-state index >= 15 is 0 Å². The molecular weight excluding hydrogens is 324 g/mol. The molecule has 1 N–H and O–H groups in total. The summed E-state index contributed by atoms with van der Waals surface area (Å²) in [6.07, 6.45) is 1.53. The second kappa shape index (κ2) is 5.80. The first-order valence-electron chi connectivity index (χ1n) is 5.71. The molecule has 0 aliphatic heterocycles. The molecule has 1 aromatic carbocycles. The van der Waals surface area contributed by atoms with E-state index in [1.54, 1.807) is 29.9 Å². The molecule has 2 rings (SSSR count). The van der Waals surface area contributed by atoms with Crippen molar-refractivity contribution >= 4 is 21.9 Å². The molecule has 102 valence electrons. The summed E-state index contributed by atoms with van der Waals surface area (Å²) in [5, 5.41) is 17.9. The first-order valence-corrected chi connectivity index (χ1v) is 6.50. The van der Waals surface area contributed by atoms with Crippen LogP contribution in [0.15, 0.2) is 35.1 Å². The molecule has 2 aromatic rings. The summed E-state index contributed by atoms with van der Waals surface area (Å²) in [7, 11) is 1.55. The minimum Gasteiger partial charge on any atom is -0.496 e. The maximum Gasteiger partial charge on any atom is 0.337 e. The fourth-order valence-electron chi connectivity index (χ4n) is 1.87. The van der Waals surface area contributed by atoms with Crippen LogP contribution in [-0.4, -0.2) is 22.8 Å². The van der Waals surface area contributed by atoms with Crippen LogP contribution in [0.3, 0.4) is 0 Å². The van der Waals surface area contributed by atoms with Crippen LogP contribution in [0.1, 0.15) is 21.5 Å². The summed E-state index contributed by atoms with van der Waals surface area (Å²) < 4.78 is 7.65. The third kappa shape index (κ3) is 2.83. The predicted molar refractivity (Wildman–Crippen MR) is 75.9 cm³/mol. The maximum atomic E-state index is 10.9. The number of carboxylic acids is 1. The predicted octanol–water partition coefficient (Wildman–Crippen LogP) is 2.88. The molecule has 0 bridgehead atoms. The Morgan fingerprint density at radius 1 is 1.50 bits per heavy atom. The van der Waals surface area contributed by atoms with Gasteiger partial charge in [-0.25, -0.2) is 4.79 Å². The van der Waals surface area contributed by atoms with Crippen molar-refractivity contribution in [1.82, 2.24) is 4.57 Å². The van der Waals surface area contributed by atoms with Crippen molar-refractivity contribution in [3.8, 4) is 11.8 Å². The number of benzene rings is 1. The zero-order chi connectivity index (χ0) is 14.7. The molecule has 0 amide bonds. The SMILES string of the molecule is COc1ccc(C#N)cc1Cn1cc(C(=O)O)cc1Br. The number of nitriles is 1. The molecule has 0 unspecified atom stereocenters. The average Bonchev–Trinajstić information content (AvgIpc) is 2.80. The van der Waals surface area contributed by atoms with Crippen molar-refractivity contribution in [2.24, 2.45) is 0 Å². The third-order valence-electron chi connectivity index (χ3n) is 2.84. The van der Waals surface area contributed by atoms with Crippen molar-refractivity contribution in [3.05, 3.63) is 51.8 Å². The zero-order valence-corrected chi connectivity index (χ0v) is 12.2. The largest absolute Gasteiger partial charge is 0.496 e. The van der Waals surface area contributed by atoms with Gasteiger partial charge < -0.3 is 14.4 Å². The molecule has 0 fully saturated rings. The van der Waals surface area contributed by atoms with E-state index in [0.29, 0.717) is 22.5 Å². The first-order chi connectivity index (χ1) is 9.55. The number of carboxylic acid groups (broad SMARTS) is 1. The van der Waals surface area contributed by atoms with E-state index in [2.05, 4.69) is 22.0 Å². The summed E-state index contributed by atoms with van der Waals surface area (Å²) in [6.45, 7) is 0.409. The van der Waals surface area contributed by atoms with Gasteiger partial charge in [-0.1, -0.05) is 0 Å². The number of halogens is 1. The average molecular weight is 335 g/mol. The highest BCUT2D eigenvalue weighted by Crippen LogP contribution is 2.24. The molecule has 0 saturated carbocycles. The Hall–Kier alpha value is -2.26. The smallest absolute Gasteiger partial charge is 0.337 e. The van der Waals surface area contributed by atoms with Gasteiger partial charge in [-0.05, 0) is 40.2 Å². The number of rotatable bonds is 4. The van der Waals surface area contributed by atoms with Crippen molar-refractivity contribution in [2.75, 3.05) is 7.11 Å². The molecule has 1 heterocycles. The van der Waals surface area contributed by atoms with E-state index in [9.17, 15) is 4.79 Å². The summed E-state index contributed by atoms with van der Waals surface area (Å²) in [4.78, 5) is 10.9. The van der Waals surface area contributed by atoms with Crippen LogP contribution in [0.2, 0.25) is 0 Å². The Kier molecular flexibility index (Phi) is 4.11. The van der Waals surface area contributed by atoms with Gasteiger partial charge in [0.2, 0.25) is 0 Å². The molecule has 6 heteroatoms. The highest BCUT2D eigenvalue weighted by atomic mass is 79.9. The number of nitrogens with zero attached hydrogens (tertiary/aromatic N) is 2. The van der Waals surface area contributed by atoms with Crippen molar-refractivity contribution in [1.29, 1.82) is 5.26 Å². The minimum absolute atomic E-state index is 0.201. The minimum atomic E-state index is -0.984. The Bertz CT molecular complexity index is 701. The lowest BCUT2D eigenvalue weighted by Crippen LogP contribution is -2.02. The number of carbonyl (C=O) groups is 1. The lowest BCUT2D eigenvalue weighted by Gasteiger charge is -2.10. The van der Waals surface area contributed by atoms with Crippen LogP contribution in [0.25, 0.3) is 0 Å². The van der Waals surface area contributed by atoms with Crippen LogP contribution < -0.4 is 4.74 Å². The summed E-state index contributed by atoms with van der Waals surface area (Å²) >= 11 is 3.32. The second-order valence-electron chi connectivity index (χ2n) is 4.12. The lowest BCUT2D eigenvalue weighted by molar-refractivity contribution is 0.0697. The van der Waals surface area contributed by atoms with Crippen molar-refractivity contribution in [2.45, 2.75) is 6.54 Å². The van der Waals surface area contributed by atoms with Crippen LogP contribution in [0, 0.1) is 11.3 Å². The van der Waals surface area contributed by atoms with Crippen molar-refractivity contribution < 1.29 is 14.6 Å². The molecule has 5 nitrogen and oxygen atoms in total. The van der Waals surface area contributed by atoms with E-state index in [1.807, 2.05) is 0 Å². The van der Waals surface area contributed by atoms with E-state index in [0.717, 1.165) is 5.56 Å². The first kappa shape index (κ1) is 14.2. The van der Waals surface area contributed by atoms with Crippen LogP contribution in [0.5, 0.6) is 5.75 Å². The summed E-state index contributed by atoms with van der Waals surface area (Å²) in [6, 6.07) is 8.73. The van der Waals surface area contributed by atoms with Gasteiger partial charge in [0.05, 0.1) is 35.5 Å². The van der Waals surface area contributed by atoms with Gasteiger partial charge in [0.1, 0.15) is 5.75 Å². The molecule has 1 aromatic heterocycles. The normalized spacial score (nSPS) is 10.1. The Balaban J connectivity index is 2.39. The van der Waals surface area contributed by atoms with Crippen LogP contribution in [0.4, 0.5) is 0 Å². The van der Waals surface area contributed by atoms with E-state index in [4.69, 9.17) is 15.1 Å². The molecule has 0 spiro atoms. The summed E-state index contributed by atoms with van der Waals surface area (Å²) in [5.41, 5.74) is 1.54. The topological polar surface area (TPSA) is 75.2 Å². The van der Waals surface area contributed by atoms with Gasteiger partial charge in [0.15, 0.2) is 0 Å². The Morgan fingerprint density at radius 2 is 2.25 bits per heavy atom. The molecule has 0 atom stereocenters. The number of hydrogen-bond acceptors (Lipinski definition) is 3. The molecule has 0 saturated heterocycles. The third-order valence-corrected chi connectivity index (χ3v) is 3.53. The number of hydrogen-bond donors (Lipinski definition) is 1. The van der Waals surface area contributed by atoms with Gasteiger partial charge in [-0.15, -0.1) is 0 Å². The van der Waals surface area contributed by atoms with E-state index in [-0.39, 0.29) is 5.56 Å². The maximum absolute atomic E-state index is 10.9. The van der Waals surface area contributed by atoms with Crippen molar-refractivity contribution in [3.63, 3.8) is 0 Å². The van der Waals surface area contributed by atoms with Crippen LogP contribution >= 0.6 is 15.9 Å². The van der Waals surface area contributed by atoms with Crippen LogP contribution in [-0.2, 0) is 6.54 Å². The number of aromatic nitrogens is 1. The zero-order valence-electron chi connectivity index (χ0n) is 10.6. The van der Waals surface area contributed by atoms with E-state index in [1.165, 1.54) is 12.3 Å². The highest BCUT2D eigenvalue weighted by molar-refractivity contribution is 9.10. The second-order valence-corrected chi connectivity index (χ2v) is 4.94. The standard InChI is InChI=1S/C14H11BrN2O3/c1-20-12-3-2-9(6-16)4-10(12)7-17-8-11(14(18)19)5-13(17)15/h2-5,8H,7H2,1H3,(H,18,19). The molecular formula is C14H11BrN2O3. The highest BCUT2D eigenvalue weighted by Gasteiger charge is 2.12. The molecule has 20 heavy (non-hydrogen) atoms. The van der Waals surface area contributed by atoms with Gasteiger partial charge in [-0.2, -0.15) is 5.26 Å². The Morgan fingerprint density at radius 3 is 2.80 bits per heavy atom. The van der Waals surface area contributed by atoms with Gasteiger partial charge in [0, 0.05) is 11.8 Å². The molecule has 0 aliphatic carbocycles. The lowest BCUT2D eigenvalue weighted by atomic mass is 10.1. The Labute approximate surface area is 124 Å². The number of aromatic carboxylic acids is 1. The van der Waals surface area contributed by atoms with E-state index < -0.39 is 5.97 Å². The number of ether oxygens (including phenoxy) is 1. The van der Waals surface area contributed by atoms with Gasteiger partial charge in [0.25, 0.3) is 0 Å². The summed E-state index contributed by atoms with van der Waals surface area (Å²) in [5.74, 6) is -0.330. The monoisotopic (exact) mass is 334 g/mol. The number of methoxy groups -OCH3 is 1. The quantitative estimate of drug-likeness (QED) is 0.932. The van der Waals surface area contributed by atoms with Gasteiger partial charge in [-0.3, -0.25) is 0 Å². The fraction of sp³-hybridized carbons (Fsp3) is 0.143.